The summed E-state index contributed by atoms with van der Waals surface area (Å²) in [6.45, 7) is 0.829. The van der Waals surface area contributed by atoms with Crippen molar-refractivity contribution in [3.8, 4) is 11.5 Å². The molecule has 2 N–H and O–H groups in total. The van der Waals surface area contributed by atoms with E-state index in [9.17, 15) is 9.59 Å². The topological polar surface area (TPSA) is 76.7 Å². The highest BCUT2D eigenvalue weighted by atomic mass is 16.5. The minimum absolute atomic E-state index is 0.0145. The van der Waals surface area contributed by atoms with E-state index in [1.165, 1.54) is 38.5 Å². The Morgan fingerprint density at radius 2 is 1.54 bits per heavy atom. The van der Waals surface area contributed by atoms with Crippen molar-refractivity contribution in [2.45, 2.75) is 58.1 Å². The summed E-state index contributed by atoms with van der Waals surface area (Å²) in [7, 11) is 1.60. The molecular formula is C29H36N2O4. The molecule has 6 rings (SSSR count). The lowest BCUT2D eigenvalue weighted by atomic mass is 9.49. The molecule has 0 spiro atoms. The van der Waals surface area contributed by atoms with Crippen LogP contribution in [0.25, 0.3) is 0 Å². The van der Waals surface area contributed by atoms with Gasteiger partial charge in [0.15, 0.2) is 11.5 Å². The van der Waals surface area contributed by atoms with Crippen LogP contribution < -0.4 is 20.1 Å². The molecule has 0 atom stereocenters. The number of rotatable bonds is 10. The number of hydrogen-bond acceptors (Lipinski definition) is 4. The molecule has 35 heavy (non-hydrogen) atoms. The molecule has 0 aromatic heterocycles. The standard InChI is InChI=1S/C29H36N2O4/c1-34-26-12-21(7-8-25(26)35-19-20-5-3-2-4-6-20)17-30-28(33)18-31-27(32)16-29-13-22-9-23(14-29)11-24(10-22)15-29/h2-8,12,22-24H,9-11,13-19H2,1H3,(H,30,33)(H,31,32). The van der Waals surface area contributed by atoms with Crippen LogP contribution in [0.2, 0.25) is 0 Å². The van der Waals surface area contributed by atoms with Gasteiger partial charge in [-0.2, -0.15) is 0 Å². The summed E-state index contributed by atoms with van der Waals surface area (Å²) in [5, 5.41) is 5.75. The van der Waals surface area contributed by atoms with E-state index >= 15 is 0 Å². The molecule has 2 amide bonds. The monoisotopic (exact) mass is 476 g/mol. The summed E-state index contributed by atoms with van der Waals surface area (Å²) >= 11 is 0. The fourth-order valence-corrected chi connectivity index (χ4v) is 7.03. The van der Waals surface area contributed by atoms with E-state index in [1.54, 1.807) is 7.11 Å². The molecule has 4 aliphatic rings. The number of ether oxygens (including phenoxy) is 2. The molecule has 0 aliphatic heterocycles. The molecule has 0 saturated heterocycles. The summed E-state index contributed by atoms with van der Waals surface area (Å²) in [6, 6.07) is 15.6. The van der Waals surface area contributed by atoms with Gasteiger partial charge in [0.05, 0.1) is 13.7 Å². The highest BCUT2D eigenvalue weighted by Crippen LogP contribution is 2.61. The quantitative estimate of drug-likeness (QED) is 0.525. The van der Waals surface area contributed by atoms with Crippen molar-refractivity contribution in [2.24, 2.45) is 23.2 Å². The third-order valence-electron chi connectivity index (χ3n) is 8.10. The van der Waals surface area contributed by atoms with Gasteiger partial charge < -0.3 is 20.1 Å². The maximum Gasteiger partial charge on any atom is 0.239 e. The molecule has 4 fully saturated rings. The highest BCUT2D eigenvalue weighted by Gasteiger charge is 2.51. The fourth-order valence-electron chi connectivity index (χ4n) is 7.03. The van der Waals surface area contributed by atoms with Crippen LogP contribution in [-0.4, -0.2) is 25.5 Å². The number of hydrogen-bond donors (Lipinski definition) is 2. The third-order valence-corrected chi connectivity index (χ3v) is 8.10. The number of methoxy groups -OCH3 is 1. The van der Waals surface area contributed by atoms with Crippen molar-refractivity contribution in [1.29, 1.82) is 0 Å². The van der Waals surface area contributed by atoms with Gasteiger partial charge in [0.2, 0.25) is 11.8 Å². The van der Waals surface area contributed by atoms with Crippen LogP contribution in [0.15, 0.2) is 48.5 Å². The van der Waals surface area contributed by atoms with Crippen LogP contribution in [0.3, 0.4) is 0 Å². The maximum absolute atomic E-state index is 12.7. The van der Waals surface area contributed by atoms with Gasteiger partial charge in [-0.3, -0.25) is 9.59 Å². The zero-order valence-corrected chi connectivity index (χ0v) is 20.6. The van der Waals surface area contributed by atoms with Gasteiger partial charge in [-0.05, 0) is 85.0 Å². The normalized spacial score (nSPS) is 26.3. The van der Waals surface area contributed by atoms with Crippen molar-refractivity contribution < 1.29 is 19.1 Å². The predicted molar refractivity (Wildman–Crippen MR) is 134 cm³/mol. The van der Waals surface area contributed by atoms with Crippen LogP contribution in [0.5, 0.6) is 11.5 Å². The average Bonchev–Trinajstić information content (AvgIpc) is 2.84. The lowest BCUT2D eigenvalue weighted by Crippen LogP contribution is -2.48. The number of nitrogens with one attached hydrogen (secondary N) is 2. The van der Waals surface area contributed by atoms with Crippen molar-refractivity contribution in [3.63, 3.8) is 0 Å². The Kier molecular flexibility index (Phi) is 6.98. The van der Waals surface area contributed by atoms with Gasteiger partial charge in [0, 0.05) is 13.0 Å². The average molecular weight is 477 g/mol. The van der Waals surface area contributed by atoms with Gasteiger partial charge in [-0.15, -0.1) is 0 Å². The van der Waals surface area contributed by atoms with Gasteiger partial charge in [-0.25, -0.2) is 0 Å². The molecule has 6 heteroatoms. The summed E-state index contributed by atoms with van der Waals surface area (Å²) in [6.07, 6.45) is 8.28. The first kappa shape index (κ1) is 23.7. The number of amides is 2. The van der Waals surface area contributed by atoms with E-state index in [0.717, 1.165) is 28.9 Å². The Balaban J connectivity index is 1.06. The third kappa shape index (κ3) is 5.80. The van der Waals surface area contributed by atoms with Crippen LogP contribution in [0.4, 0.5) is 0 Å². The van der Waals surface area contributed by atoms with E-state index in [1.807, 2.05) is 48.5 Å². The number of carbonyl (C=O) groups excluding carboxylic acids is 2. The van der Waals surface area contributed by atoms with Crippen molar-refractivity contribution in [2.75, 3.05) is 13.7 Å². The van der Waals surface area contributed by atoms with E-state index in [-0.39, 0.29) is 23.8 Å². The summed E-state index contributed by atoms with van der Waals surface area (Å²) in [4.78, 5) is 25.1. The Labute approximate surface area is 207 Å². The fraction of sp³-hybridized carbons (Fsp3) is 0.517. The first-order valence-electron chi connectivity index (χ1n) is 12.9. The predicted octanol–water partition coefficient (Wildman–Crippen LogP) is 4.61. The lowest BCUT2D eigenvalue weighted by Gasteiger charge is -2.56. The summed E-state index contributed by atoms with van der Waals surface area (Å²) in [5.41, 5.74) is 2.18. The second-order valence-corrected chi connectivity index (χ2v) is 10.9. The van der Waals surface area contributed by atoms with Crippen LogP contribution in [0, 0.1) is 23.2 Å². The zero-order chi connectivity index (χ0) is 24.3. The Bertz CT molecular complexity index is 1020. The van der Waals surface area contributed by atoms with Crippen LogP contribution >= 0.6 is 0 Å². The molecule has 4 aliphatic carbocycles. The van der Waals surface area contributed by atoms with Gasteiger partial charge in [0.25, 0.3) is 0 Å². The minimum Gasteiger partial charge on any atom is -0.493 e. The molecule has 0 unspecified atom stereocenters. The second kappa shape index (κ2) is 10.3. The van der Waals surface area contributed by atoms with E-state index in [2.05, 4.69) is 10.6 Å². The van der Waals surface area contributed by atoms with Crippen LogP contribution in [0.1, 0.15) is 56.1 Å². The van der Waals surface area contributed by atoms with Crippen molar-refractivity contribution in [3.05, 3.63) is 59.7 Å². The largest absolute Gasteiger partial charge is 0.493 e. The SMILES string of the molecule is COc1cc(CNC(=O)CNC(=O)CC23CC4CC(CC(C4)C2)C3)ccc1OCc1ccccc1. The molecule has 4 bridgehead atoms. The second-order valence-electron chi connectivity index (χ2n) is 10.9. The Hall–Kier alpha value is -3.02. The smallest absolute Gasteiger partial charge is 0.239 e. The van der Waals surface area contributed by atoms with Crippen LogP contribution in [-0.2, 0) is 22.7 Å². The van der Waals surface area contributed by atoms with E-state index < -0.39 is 0 Å². The molecule has 6 nitrogen and oxygen atoms in total. The van der Waals surface area contributed by atoms with E-state index in [4.69, 9.17) is 9.47 Å². The Morgan fingerprint density at radius 1 is 0.857 bits per heavy atom. The lowest BCUT2D eigenvalue weighted by molar-refractivity contribution is -0.131. The molecule has 4 saturated carbocycles. The summed E-state index contributed by atoms with van der Waals surface area (Å²) in [5.74, 6) is 3.58. The molecule has 0 radical (unpaired) electrons. The van der Waals surface area contributed by atoms with Gasteiger partial charge >= 0.3 is 0 Å². The van der Waals surface area contributed by atoms with Gasteiger partial charge in [0.1, 0.15) is 6.61 Å². The van der Waals surface area contributed by atoms with E-state index in [0.29, 0.717) is 31.1 Å². The first-order chi connectivity index (χ1) is 17.0. The molecule has 0 heterocycles. The first-order valence-corrected chi connectivity index (χ1v) is 12.9. The molecule has 2 aromatic carbocycles. The summed E-state index contributed by atoms with van der Waals surface area (Å²) < 4.78 is 11.4. The molecular weight excluding hydrogens is 440 g/mol. The van der Waals surface area contributed by atoms with Crippen molar-refractivity contribution in [1.82, 2.24) is 10.6 Å². The van der Waals surface area contributed by atoms with Crippen molar-refractivity contribution >= 4 is 11.8 Å². The number of carbonyl (C=O) groups is 2. The number of benzene rings is 2. The maximum atomic E-state index is 12.7. The highest BCUT2D eigenvalue weighted by molar-refractivity contribution is 5.85. The Morgan fingerprint density at radius 3 is 2.20 bits per heavy atom. The molecule has 186 valence electrons. The zero-order valence-electron chi connectivity index (χ0n) is 20.6. The van der Waals surface area contributed by atoms with Gasteiger partial charge in [-0.1, -0.05) is 36.4 Å². The minimum atomic E-state index is -0.188. The molecule has 2 aromatic rings.